The van der Waals surface area contributed by atoms with Crippen LogP contribution in [-0.4, -0.2) is 25.4 Å². The molecule has 2 atom stereocenters. The van der Waals surface area contributed by atoms with E-state index in [4.69, 9.17) is 9.47 Å². The predicted molar refractivity (Wildman–Crippen MR) is 69.7 cm³/mol. The maximum absolute atomic E-state index is 5.72. The van der Waals surface area contributed by atoms with Crippen LogP contribution in [0.3, 0.4) is 0 Å². The number of rotatable bonds is 4. The molecule has 0 radical (unpaired) electrons. The molecular weight excluding hydrogens is 226 g/mol. The van der Waals surface area contributed by atoms with Crippen molar-refractivity contribution in [3.63, 3.8) is 0 Å². The van der Waals surface area contributed by atoms with Crippen LogP contribution >= 0.6 is 0 Å². The van der Waals surface area contributed by atoms with Crippen molar-refractivity contribution in [3.05, 3.63) is 29.3 Å². The van der Waals surface area contributed by atoms with Gasteiger partial charge in [-0.1, -0.05) is 0 Å². The molecule has 3 heteroatoms. The lowest BCUT2D eigenvalue weighted by atomic mass is 10.1. The van der Waals surface area contributed by atoms with E-state index >= 15 is 0 Å². The molecule has 1 saturated heterocycles. The predicted octanol–water partition coefficient (Wildman–Crippen LogP) is 1.25. The van der Waals surface area contributed by atoms with Crippen molar-refractivity contribution in [2.45, 2.75) is 44.9 Å². The van der Waals surface area contributed by atoms with Gasteiger partial charge in [-0.05, 0) is 43.5 Å². The average Bonchev–Trinajstić information content (AvgIpc) is 2.96. The zero-order chi connectivity index (χ0) is 12.4. The van der Waals surface area contributed by atoms with Gasteiger partial charge in [0.05, 0.1) is 0 Å². The quantitative estimate of drug-likeness (QED) is 0.870. The third-order valence-corrected chi connectivity index (χ3v) is 3.79. The fourth-order valence-corrected chi connectivity index (χ4v) is 2.87. The van der Waals surface area contributed by atoms with Gasteiger partial charge in [0.25, 0.3) is 0 Å². The van der Waals surface area contributed by atoms with Gasteiger partial charge in [-0.2, -0.15) is 0 Å². The zero-order valence-electron chi connectivity index (χ0n) is 11.0. The highest BCUT2D eigenvalue weighted by Crippen LogP contribution is 2.29. The van der Waals surface area contributed by atoms with Crippen molar-refractivity contribution in [1.82, 2.24) is 0 Å². The van der Waals surface area contributed by atoms with Crippen LogP contribution in [0.5, 0.6) is 5.75 Å². The second kappa shape index (κ2) is 5.29. The summed E-state index contributed by atoms with van der Waals surface area (Å²) in [6.45, 7) is 5.21. The van der Waals surface area contributed by atoms with Gasteiger partial charge in [0.15, 0.2) is 0 Å². The fraction of sp³-hybridized carbons (Fsp3) is 0.600. The first-order valence-electron chi connectivity index (χ1n) is 7.03. The number of hydrogen-bond donors (Lipinski definition) is 1. The molecule has 0 aliphatic carbocycles. The van der Waals surface area contributed by atoms with Crippen LogP contribution in [0.1, 0.15) is 30.9 Å². The molecule has 3 rings (SSSR count). The van der Waals surface area contributed by atoms with Crippen LogP contribution < -0.4 is 10.1 Å². The molecule has 1 fully saturated rings. The van der Waals surface area contributed by atoms with Gasteiger partial charge in [-0.15, -0.1) is 0 Å². The Morgan fingerprint density at radius 2 is 2.33 bits per heavy atom. The number of fused-ring (bicyclic) bond motifs is 1. The van der Waals surface area contributed by atoms with Gasteiger partial charge in [0.2, 0.25) is 0 Å². The van der Waals surface area contributed by atoms with Gasteiger partial charge < -0.3 is 14.8 Å². The van der Waals surface area contributed by atoms with Crippen LogP contribution in [0.4, 0.5) is 0 Å². The summed E-state index contributed by atoms with van der Waals surface area (Å²) < 4.78 is 11.3. The molecule has 2 aliphatic rings. The molecule has 0 saturated carbocycles. The lowest BCUT2D eigenvalue weighted by Gasteiger charge is -2.08. The van der Waals surface area contributed by atoms with E-state index in [-0.39, 0.29) is 0 Å². The lowest BCUT2D eigenvalue weighted by Crippen LogP contribution is -2.84. The smallest absolute Gasteiger partial charge is 0.123 e. The van der Waals surface area contributed by atoms with Gasteiger partial charge in [0.1, 0.15) is 31.0 Å². The van der Waals surface area contributed by atoms with E-state index in [1.165, 1.54) is 24.0 Å². The first-order valence-corrected chi connectivity index (χ1v) is 7.03. The summed E-state index contributed by atoms with van der Waals surface area (Å²) in [4.78, 5) is 0. The Morgan fingerprint density at radius 3 is 3.17 bits per heavy atom. The Hall–Kier alpha value is -1.06. The molecular formula is C15H22NO2+. The first-order chi connectivity index (χ1) is 8.81. The standard InChI is InChI=1S/C15H21NO2/c1-11-7-13-8-12(4-5-15(13)18-11)9-16-10-14-3-2-6-17-14/h4-5,8,11,14,16H,2-3,6-7,9-10H2,1H3/p+1/t11-,14-/m0/s1. The molecule has 0 bridgehead atoms. The molecule has 1 aromatic rings. The Kier molecular flexibility index (Phi) is 3.52. The summed E-state index contributed by atoms with van der Waals surface area (Å²) in [5.74, 6) is 1.07. The Balaban J connectivity index is 1.52. The molecule has 2 N–H and O–H groups in total. The van der Waals surface area contributed by atoms with Crippen molar-refractivity contribution >= 4 is 0 Å². The highest BCUT2D eigenvalue weighted by molar-refractivity contribution is 5.40. The summed E-state index contributed by atoms with van der Waals surface area (Å²) >= 11 is 0. The third-order valence-electron chi connectivity index (χ3n) is 3.79. The molecule has 2 aliphatic heterocycles. The molecule has 3 nitrogen and oxygen atoms in total. The number of quaternary nitrogens is 1. The molecule has 0 spiro atoms. The largest absolute Gasteiger partial charge is 0.490 e. The topological polar surface area (TPSA) is 35.1 Å². The number of ether oxygens (including phenoxy) is 2. The lowest BCUT2D eigenvalue weighted by molar-refractivity contribution is -0.676. The van der Waals surface area contributed by atoms with Crippen LogP contribution in [0.2, 0.25) is 0 Å². The highest BCUT2D eigenvalue weighted by atomic mass is 16.5. The maximum Gasteiger partial charge on any atom is 0.123 e. The Bertz CT molecular complexity index is 413. The minimum absolute atomic E-state index is 0.339. The summed E-state index contributed by atoms with van der Waals surface area (Å²) in [5.41, 5.74) is 2.76. The molecule has 0 amide bonds. The van der Waals surface area contributed by atoms with E-state index in [2.05, 4.69) is 30.4 Å². The molecule has 18 heavy (non-hydrogen) atoms. The van der Waals surface area contributed by atoms with E-state index in [0.717, 1.165) is 31.9 Å². The molecule has 1 aromatic carbocycles. The number of nitrogens with two attached hydrogens (primary N) is 1. The number of hydrogen-bond acceptors (Lipinski definition) is 2. The van der Waals surface area contributed by atoms with Crippen LogP contribution in [-0.2, 0) is 17.7 Å². The molecule has 98 valence electrons. The van der Waals surface area contributed by atoms with Crippen molar-refractivity contribution in [3.8, 4) is 5.75 Å². The van der Waals surface area contributed by atoms with Crippen molar-refractivity contribution < 1.29 is 14.8 Å². The number of benzene rings is 1. The van der Waals surface area contributed by atoms with E-state index in [9.17, 15) is 0 Å². The molecule has 2 heterocycles. The second-order valence-corrected chi connectivity index (χ2v) is 5.44. The molecule has 0 unspecified atom stereocenters. The summed E-state index contributed by atoms with van der Waals surface area (Å²) in [5, 5.41) is 2.36. The van der Waals surface area contributed by atoms with E-state index < -0.39 is 0 Å². The van der Waals surface area contributed by atoms with Gasteiger partial charge in [-0.3, -0.25) is 0 Å². The third kappa shape index (κ3) is 2.68. The fourth-order valence-electron chi connectivity index (χ4n) is 2.87. The SMILES string of the molecule is C[C@H]1Cc2cc(C[NH2+]C[C@@H]3CCCO3)ccc2O1. The van der Waals surface area contributed by atoms with Gasteiger partial charge in [0, 0.05) is 18.6 Å². The monoisotopic (exact) mass is 248 g/mol. The average molecular weight is 248 g/mol. The minimum atomic E-state index is 0.339. The van der Waals surface area contributed by atoms with Crippen molar-refractivity contribution in [2.24, 2.45) is 0 Å². The maximum atomic E-state index is 5.72. The second-order valence-electron chi connectivity index (χ2n) is 5.44. The van der Waals surface area contributed by atoms with E-state index in [1.54, 1.807) is 0 Å². The normalized spacial score (nSPS) is 26.1. The first kappa shape index (κ1) is 12.0. The minimum Gasteiger partial charge on any atom is -0.490 e. The van der Waals surface area contributed by atoms with Gasteiger partial charge >= 0.3 is 0 Å². The van der Waals surface area contributed by atoms with Crippen LogP contribution in [0.25, 0.3) is 0 Å². The highest BCUT2D eigenvalue weighted by Gasteiger charge is 2.20. The molecule has 0 aromatic heterocycles. The van der Waals surface area contributed by atoms with E-state index in [0.29, 0.717) is 12.2 Å². The summed E-state index contributed by atoms with van der Waals surface area (Å²) in [6, 6.07) is 6.60. The summed E-state index contributed by atoms with van der Waals surface area (Å²) in [6.07, 6.45) is 4.32. The Labute approximate surface area is 108 Å². The Morgan fingerprint density at radius 1 is 1.39 bits per heavy atom. The van der Waals surface area contributed by atoms with Crippen LogP contribution in [0, 0.1) is 0 Å². The van der Waals surface area contributed by atoms with Gasteiger partial charge in [-0.25, -0.2) is 0 Å². The van der Waals surface area contributed by atoms with Crippen molar-refractivity contribution in [2.75, 3.05) is 13.2 Å². The van der Waals surface area contributed by atoms with E-state index in [1.807, 2.05) is 0 Å². The van der Waals surface area contributed by atoms with Crippen molar-refractivity contribution in [1.29, 1.82) is 0 Å². The summed E-state index contributed by atoms with van der Waals surface area (Å²) in [7, 11) is 0. The van der Waals surface area contributed by atoms with Crippen LogP contribution in [0.15, 0.2) is 18.2 Å². The zero-order valence-corrected chi connectivity index (χ0v) is 11.0.